The first kappa shape index (κ1) is 23.9. The van der Waals surface area contributed by atoms with Crippen LogP contribution in [0.3, 0.4) is 0 Å². The number of aromatic nitrogens is 4. The van der Waals surface area contributed by atoms with Gasteiger partial charge in [-0.25, -0.2) is 14.4 Å². The van der Waals surface area contributed by atoms with E-state index in [9.17, 15) is 22.4 Å². The van der Waals surface area contributed by atoms with Gasteiger partial charge in [0.1, 0.15) is 22.8 Å². The molecule has 3 heterocycles. The molecular weight excluding hydrogens is 477 g/mol. The van der Waals surface area contributed by atoms with Gasteiger partial charge in [-0.2, -0.15) is 8.42 Å². The van der Waals surface area contributed by atoms with E-state index in [1.54, 1.807) is 14.0 Å². The number of nitrogens with zero attached hydrogens (tertiary/aromatic N) is 4. The van der Waals surface area contributed by atoms with E-state index < -0.39 is 27.2 Å². The van der Waals surface area contributed by atoms with E-state index in [0.717, 1.165) is 6.07 Å². The first-order valence-electron chi connectivity index (χ1n) is 10.4. The number of nitrogens with one attached hydrogen (secondary N) is 2. The highest BCUT2D eigenvalue weighted by Gasteiger charge is 2.22. The maximum absolute atomic E-state index is 14.9. The highest BCUT2D eigenvalue weighted by atomic mass is 32.2. The lowest BCUT2D eigenvalue weighted by atomic mass is 10.1. The summed E-state index contributed by atoms with van der Waals surface area (Å²) in [4.78, 5) is 33.4. The molecule has 0 aliphatic heterocycles. The van der Waals surface area contributed by atoms with Crippen molar-refractivity contribution in [1.29, 1.82) is 0 Å². The van der Waals surface area contributed by atoms with E-state index in [1.807, 2.05) is 0 Å². The molecule has 4 N–H and O–H groups in total. The molecule has 11 nitrogen and oxygen atoms in total. The lowest BCUT2D eigenvalue weighted by Gasteiger charge is -2.15. The number of imidazole rings is 1. The standard InChI is InChI=1S/C22H22FN7O4S/c1-4-30-20(24)18(22(32)25-2)19(31)13-6-8-15(27-21(13)30)12-5-7-16(14(23)9-12)28-35(33,34)17-10-29(3)11-26-17/h5-11,28H,4,24H2,1-3H3,(H,25,32). The molecule has 0 radical (unpaired) electrons. The first-order chi connectivity index (χ1) is 16.6. The Hall–Kier alpha value is -4.26. The number of benzene rings is 1. The van der Waals surface area contributed by atoms with Gasteiger partial charge in [0, 0.05) is 32.4 Å². The molecule has 0 fully saturated rings. The fourth-order valence-corrected chi connectivity index (χ4v) is 4.69. The second-order valence-electron chi connectivity index (χ2n) is 7.66. The number of fused-ring (bicyclic) bond motifs is 1. The van der Waals surface area contributed by atoms with Gasteiger partial charge in [-0.1, -0.05) is 6.07 Å². The van der Waals surface area contributed by atoms with Gasteiger partial charge in [0.15, 0.2) is 5.03 Å². The molecule has 0 bridgehead atoms. The third-order valence-corrected chi connectivity index (χ3v) is 6.64. The molecule has 3 aromatic heterocycles. The molecule has 4 aromatic rings. The van der Waals surface area contributed by atoms with Crippen molar-refractivity contribution in [2.45, 2.75) is 18.5 Å². The van der Waals surface area contributed by atoms with Gasteiger partial charge in [-0.3, -0.25) is 14.3 Å². The molecule has 0 saturated carbocycles. The van der Waals surface area contributed by atoms with Crippen LogP contribution in [0.2, 0.25) is 0 Å². The fourth-order valence-electron chi connectivity index (χ4n) is 3.64. The average Bonchev–Trinajstić information content (AvgIpc) is 3.27. The minimum absolute atomic E-state index is 0.0283. The van der Waals surface area contributed by atoms with Crippen LogP contribution >= 0.6 is 0 Å². The van der Waals surface area contributed by atoms with E-state index in [0.29, 0.717) is 17.8 Å². The summed E-state index contributed by atoms with van der Waals surface area (Å²) in [5, 5.41) is 2.35. The number of carbonyl (C=O) groups is 1. The number of amides is 1. The van der Waals surface area contributed by atoms with Crippen molar-refractivity contribution in [2.75, 3.05) is 17.5 Å². The Morgan fingerprint density at radius 1 is 1.23 bits per heavy atom. The summed E-state index contributed by atoms with van der Waals surface area (Å²) >= 11 is 0. The summed E-state index contributed by atoms with van der Waals surface area (Å²) < 4.78 is 44.9. The van der Waals surface area contributed by atoms with Crippen molar-refractivity contribution in [2.24, 2.45) is 7.05 Å². The van der Waals surface area contributed by atoms with Crippen LogP contribution in [0.25, 0.3) is 22.3 Å². The number of rotatable bonds is 6. The number of anilines is 2. The number of hydrogen-bond acceptors (Lipinski definition) is 7. The monoisotopic (exact) mass is 499 g/mol. The number of aryl methyl sites for hydroxylation is 2. The fraction of sp³-hybridized carbons (Fsp3) is 0.182. The predicted octanol–water partition coefficient (Wildman–Crippen LogP) is 1.70. The van der Waals surface area contributed by atoms with Crippen LogP contribution in [0.4, 0.5) is 15.9 Å². The summed E-state index contributed by atoms with van der Waals surface area (Å²) in [6, 6.07) is 6.89. The van der Waals surface area contributed by atoms with Crippen molar-refractivity contribution in [3.05, 3.63) is 64.5 Å². The van der Waals surface area contributed by atoms with Crippen LogP contribution in [0, 0.1) is 5.82 Å². The van der Waals surface area contributed by atoms with E-state index >= 15 is 0 Å². The van der Waals surface area contributed by atoms with Crippen molar-refractivity contribution in [3.8, 4) is 11.3 Å². The molecular formula is C22H22FN7O4S. The summed E-state index contributed by atoms with van der Waals surface area (Å²) in [5.74, 6) is -1.46. The van der Waals surface area contributed by atoms with Crippen molar-refractivity contribution in [1.82, 2.24) is 24.4 Å². The third-order valence-electron chi connectivity index (χ3n) is 5.39. The van der Waals surface area contributed by atoms with Crippen LogP contribution in [-0.2, 0) is 23.6 Å². The quantitative estimate of drug-likeness (QED) is 0.365. The Morgan fingerprint density at radius 3 is 2.57 bits per heavy atom. The van der Waals surface area contributed by atoms with Crippen LogP contribution < -0.4 is 21.2 Å². The summed E-state index contributed by atoms with van der Waals surface area (Å²) in [7, 11) is -1.06. The van der Waals surface area contributed by atoms with Gasteiger partial charge in [-0.05, 0) is 31.2 Å². The molecule has 4 rings (SSSR count). The van der Waals surface area contributed by atoms with Crippen molar-refractivity contribution >= 4 is 38.5 Å². The minimum Gasteiger partial charge on any atom is -0.384 e. The normalized spacial score (nSPS) is 11.5. The highest BCUT2D eigenvalue weighted by molar-refractivity contribution is 7.92. The average molecular weight is 500 g/mol. The van der Waals surface area contributed by atoms with E-state index in [-0.39, 0.29) is 33.1 Å². The Kier molecular flexibility index (Phi) is 6.03. The molecule has 0 spiro atoms. The number of sulfonamides is 1. The zero-order valence-electron chi connectivity index (χ0n) is 19.0. The van der Waals surface area contributed by atoms with E-state index in [1.165, 1.54) is 53.0 Å². The van der Waals surface area contributed by atoms with Gasteiger partial charge in [0.2, 0.25) is 5.43 Å². The molecule has 0 aliphatic carbocycles. The zero-order chi connectivity index (χ0) is 25.5. The SMILES string of the molecule is CCn1c(N)c(C(=O)NC)c(=O)c2ccc(-c3ccc(NS(=O)(=O)c4cn(C)cn4)c(F)c3)nc21. The maximum atomic E-state index is 14.9. The highest BCUT2D eigenvalue weighted by Crippen LogP contribution is 2.27. The summed E-state index contributed by atoms with van der Waals surface area (Å²) in [6.45, 7) is 2.11. The third kappa shape index (κ3) is 4.21. The number of hydrogen-bond donors (Lipinski definition) is 3. The van der Waals surface area contributed by atoms with Crippen molar-refractivity contribution < 1.29 is 17.6 Å². The van der Waals surface area contributed by atoms with Crippen LogP contribution in [0.5, 0.6) is 0 Å². The van der Waals surface area contributed by atoms with Gasteiger partial charge in [-0.15, -0.1) is 0 Å². The lowest BCUT2D eigenvalue weighted by molar-refractivity contribution is 0.0962. The Bertz CT molecular complexity index is 1640. The molecule has 1 amide bonds. The number of nitrogens with two attached hydrogens (primary N) is 1. The minimum atomic E-state index is -4.08. The smallest absolute Gasteiger partial charge is 0.281 e. The Balaban J connectivity index is 1.76. The summed E-state index contributed by atoms with van der Waals surface area (Å²) in [5.41, 5.74) is 6.01. The van der Waals surface area contributed by atoms with E-state index in [4.69, 9.17) is 5.73 Å². The van der Waals surface area contributed by atoms with Gasteiger partial charge >= 0.3 is 0 Å². The molecule has 0 atom stereocenters. The topological polar surface area (TPSA) is 154 Å². The predicted molar refractivity (Wildman–Crippen MR) is 129 cm³/mol. The first-order valence-corrected chi connectivity index (χ1v) is 11.9. The second-order valence-corrected chi connectivity index (χ2v) is 9.29. The molecule has 0 aliphatic rings. The Morgan fingerprint density at radius 2 is 1.97 bits per heavy atom. The molecule has 182 valence electrons. The van der Waals surface area contributed by atoms with Gasteiger partial charge in [0.25, 0.3) is 15.9 Å². The maximum Gasteiger partial charge on any atom is 0.281 e. The summed E-state index contributed by atoms with van der Waals surface area (Å²) in [6.07, 6.45) is 2.61. The molecule has 35 heavy (non-hydrogen) atoms. The molecule has 1 aromatic carbocycles. The van der Waals surface area contributed by atoms with Crippen LogP contribution in [-0.4, -0.2) is 40.5 Å². The number of carbonyl (C=O) groups excluding carboxylic acids is 1. The largest absolute Gasteiger partial charge is 0.384 e. The number of nitrogen functional groups attached to an aromatic ring is 1. The molecule has 13 heteroatoms. The van der Waals surface area contributed by atoms with E-state index in [2.05, 4.69) is 20.0 Å². The molecule has 0 unspecified atom stereocenters. The Labute approximate surface area is 199 Å². The lowest BCUT2D eigenvalue weighted by Crippen LogP contribution is -2.30. The zero-order valence-corrected chi connectivity index (χ0v) is 19.9. The van der Waals surface area contributed by atoms with Crippen LogP contribution in [0.15, 0.2) is 52.7 Å². The van der Waals surface area contributed by atoms with Gasteiger partial charge < -0.3 is 20.2 Å². The number of halogens is 1. The second kappa shape index (κ2) is 8.83. The van der Waals surface area contributed by atoms with Gasteiger partial charge in [0.05, 0.1) is 23.1 Å². The van der Waals surface area contributed by atoms with Crippen molar-refractivity contribution in [3.63, 3.8) is 0 Å². The van der Waals surface area contributed by atoms with Crippen LogP contribution in [0.1, 0.15) is 17.3 Å². The molecule has 0 saturated heterocycles. The number of pyridine rings is 2.